The summed E-state index contributed by atoms with van der Waals surface area (Å²) in [6.07, 6.45) is 1.71. The Balaban J connectivity index is 1.95. The molecule has 1 aromatic heterocycles. The standard InChI is InChI=1S/C17H22N2O3/c1-2-21-12-14-10-13(11-19-6-8-22-9-7-19)17(20)16-15(14)4-3-5-18-16/h3-5,10,20H,2,6-9,11-12H2,1H3. The Labute approximate surface area is 130 Å². The molecule has 0 atom stereocenters. The van der Waals surface area contributed by atoms with Crippen molar-refractivity contribution in [2.75, 3.05) is 32.9 Å². The van der Waals surface area contributed by atoms with Gasteiger partial charge in [-0.1, -0.05) is 6.07 Å². The second kappa shape index (κ2) is 7.05. The van der Waals surface area contributed by atoms with Crippen LogP contribution in [0, 0.1) is 0 Å². The van der Waals surface area contributed by atoms with E-state index in [1.54, 1.807) is 6.20 Å². The molecule has 1 N–H and O–H groups in total. The van der Waals surface area contributed by atoms with E-state index in [0.717, 1.165) is 42.8 Å². The molecule has 0 radical (unpaired) electrons. The van der Waals surface area contributed by atoms with Crippen molar-refractivity contribution in [1.82, 2.24) is 9.88 Å². The molecular weight excluding hydrogens is 280 g/mol. The van der Waals surface area contributed by atoms with Gasteiger partial charge in [-0.25, -0.2) is 0 Å². The highest BCUT2D eigenvalue weighted by atomic mass is 16.5. The Morgan fingerprint density at radius 2 is 2.14 bits per heavy atom. The van der Waals surface area contributed by atoms with Crippen molar-refractivity contribution < 1.29 is 14.6 Å². The second-order valence-electron chi connectivity index (χ2n) is 5.47. The van der Waals surface area contributed by atoms with Crippen LogP contribution in [0.4, 0.5) is 0 Å². The van der Waals surface area contributed by atoms with Gasteiger partial charge in [0.1, 0.15) is 11.3 Å². The van der Waals surface area contributed by atoms with Gasteiger partial charge >= 0.3 is 0 Å². The molecule has 0 unspecified atom stereocenters. The zero-order valence-corrected chi connectivity index (χ0v) is 12.9. The van der Waals surface area contributed by atoms with Crippen LogP contribution in [0.15, 0.2) is 24.4 Å². The summed E-state index contributed by atoms with van der Waals surface area (Å²) in [4.78, 5) is 6.64. The highest BCUT2D eigenvalue weighted by molar-refractivity contribution is 5.88. The number of aromatic nitrogens is 1. The minimum absolute atomic E-state index is 0.280. The van der Waals surface area contributed by atoms with E-state index in [9.17, 15) is 5.11 Å². The van der Waals surface area contributed by atoms with Gasteiger partial charge < -0.3 is 14.6 Å². The molecule has 0 spiro atoms. The number of hydrogen-bond acceptors (Lipinski definition) is 5. The molecule has 1 aliphatic rings. The summed E-state index contributed by atoms with van der Waals surface area (Å²) in [5, 5.41) is 11.5. The van der Waals surface area contributed by atoms with Gasteiger partial charge in [0, 0.05) is 43.4 Å². The van der Waals surface area contributed by atoms with Gasteiger partial charge in [-0.05, 0) is 24.6 Å². The second-order valence-corrected chi connectivity index (χ2v) is 5.47. The molecule has 1 aliphatic heterocycles. The molecule has 3 rings (SSSR count). The average molecular weight is 302 g/mol. The monoisotopic (exact) mass is 302 g/mol. The third kappa shape index (κ3) is 3.21. The molecule has 5 heteroatoms. The first-order valence-electron chi connectivity index (χ1n) is 7.76. The number of pyridine rings is 1. The normalized spacial score (nSPS) is 16.2. The lowest BCUT2D eigenvalue weighted by Crippen LogP contribution is -2.35. The average Bonchev–Trinajstić information content (AvgIpc) is 2.57. The van der Waals surface area contributed by atoms with Crippen LogP contribution in [0.1, 0.15) is 18.1 Å². The fourth-order valence-corrected chi connectivity index (χ4v) is 2.81. The molecule has 0 amide bonds. The van der Waals surface area contributed by atoms with E-state index in [-0.39, 0.29) is 5.75 Å². The lowest BCUT2D eigenvalue weighted by molar-refractivity contribution is 0.0339. The Bertz CT molecular complexity index is 639. The maximum absolute atomic E-state index is 10.6. The number of morpholine rings is 1. The largest absolute Gasteiger partial charge is 0.505 e. The van der Waals surface area contributed by atoms with Gasteiger partial charge in [0.15, 0.2) is 0 Å². The lowest BCUT2D eigenvalue weighted by Gasteiger charge is -2.27. The number of phenols is 1. The van der Waals surface area contributed by atoms with Crippen LogP contribution in [0.2, 0.25) is 0 Å². The van der Waals surface area contributed by atoms with Crippen molar-refractivity contribution in [1.29, 1.82) is 0 Å². The van der Waals surface area contributed by atoms with E-state index >= 15 is 0 Å². The van der Waals surface area contributed by atoms with Gasteiger partial charge in [0.2, 0.25) is 0 Å². The molecule has 1 aromatic carbocycles. The molecule has 2 aromatic rings. The first-order valence-corrected chi connectivity index (χ1v) is 7.76. The minimum Gasteiger partial charge on any atom is -0.505 e. The summed E-state index contributed by atoms with van der Waals surface area (Å²) in [5.41, 5.74) is 2.64. The molecule has 118 valence electrons. The van der Waals surface area contributed by atoms with E-state index in [4.69, 9.17) is 9.47 Å². The van der Waals surface area contributed by atoms with Crippen molar-refractivity contribution >= 4 is 10.9 Å². The molecular formula is C17H22N2O3. The van der Waals surface area contributed by atoms with Gasteiger partial charge in [-0.15, -0.1) is 0 Å². The van der Waals surface area contributed by atoms with Gasteiger partial charge in [-0.3, -0.25) is 9.88 Å². The molecule has 1 fully saturated rings. The predicted molar refractivity (Wildman–Crippen MR) is 84.8 cm³/mol. The topological polar surface area (TPSA) is 54.8 Å². The Hall–Kier alpha value is -1.69. The van der Waals surface area contributed by atoms with E-state index in [1.807, 2.05) is 25.1 Å². The Kier molecular flexibility index (Phi) is 4.87. The Morgan fingerprint density at radius 1 is 1.32 bits per heavy atom. The number of phenolic OH excluding ortho intramolecular Hbond substituents is 1. The number of hydrogen-bond donors (Lipinski definition) is 1. The molecule has 0 aliphatic carbocycles. The summed E-state index contributed by atoms with van der Waals surface area (Å²) in [6, 6.07) is 5.91. The molecule has 1 saturated heterocycles. The number of rotatable bonds is 5. The van der Waals surface area contributed by atoms with Crippen LogP contribution in [0.25, 0.3) is 10.9 Å². The summed E-state index contributed by atoms with van der Waals surface area (Å²) >= 11 is 0. The number of nitrogens with zero attached hydrogens (tertiary/aromatic N) is 2. The highest BCUT2D eigenvalue weighted by Gasteiger charge is 2.17. The SMILES string of the molecule is CCOCc1cc(CN2CCOCC2)c(O)c2ncccc12. The molecule has 0 bridgehead atoms. The number of fused-ring (bicyclic) bond motifs is 1. The summed E-state index contributed by atoms with van der Waals surface area (Å²) in [6.45, 7) is 7.17. The molecule has 5 nitrogen and oxygen atoms in total. The zero-order chi connectivity index (χ0) is 15.4. The predicted octanol–water partition coefficient (Wildman–Crippen LogP) is 2.31. The molecule has 22 heavy (non-hydrogen) atoms. The van der Waals surface area contributed by atoms with Crippen molar-refractivity contribution in [2.24, 2.45) is 0 Å². The smallest absolute Gasteiger partial charge is 0.146 e. The lowest BCUT2D eigenvalue weighted by atomic mass is 10.0. The number of aromatic hydroxyl groups is 1. The fraction of sp³-hybridized carbons (Fsp3) is 0.471. The van der Waals surface area contributed by atoms with Crippen LogP contribution < -0.4 is 0 Å². The van der Waals surface area contributed by atoms with Crippen LogP contribution in [0.5, 0.6) is 5.75 Å². The van der Waals surface area contributed by atoms with Crippen LogP contribution in [-0.4, -0.2) is 47.9 Å². The number of ether oxygens (including phenoxy) is 2. The van der Waals surface area contributed by atoms with E-state index in [1.165, 1.54) is 0 Å². The van der Waals surface area contributed by atoms with Crippen LogP contribution >= 0.6 is 0 Å². The van der Waals surface area contributed by atoms with Gasteiger partial charge in [0.25, 0.3) is 0 Å². The van der Waals surface area contributed by atoms with Crippen LogP contribution in [-0.2, 0) is 22.6 Å². The van der Waals surface area contributed by atoms with Gasteiger partial charge in [0.05, 0.1) is 19.8 Å². The first-order chi connectivity index (χ1) is 10.8. The minimum atomic E-state index is 0.280. The summed E-state index contributed by atoms with van der Waals surface area (Å²) in [5.74, 6) is 0.280. The third-order valence-electron chi connectivity index (χ3n) is 3.99. The molecule has 2 heterocycles. The van der Waals surface area contributed by atoms with Gasteiger partial charge in [-0.2, -0.15) is 0 Å². The Morgan fingerprint density at radius 3 is 2.91 bits per heavy atom. The quantitative estimate of drug-likeness (QED) is 0.918. The van der Waals surface area contributed by atoms with E-state index < -0.39 is 0 Å². The van der Waals surface area contributed by atoms with Crippen molar-refractivity contribution in [3.8, 4) is 5.75 Å². The molecule has 0 saturated carbocycles. The van der Waals surface area contributed by atoms with Crippen LogP contribution in [0.3, 0.4) is 0 Å². The maximum Gasteiger partial charge on any atom is 0.146 e. The van der Waals surface area contributed by atoms with Crippen molar-refractivity contribution in [3.63, 3.8) is 0 Å². The van der Waals surface area contributed by atoms with Crippen molar-refractivity contribution in [2.45, 2.75) is 20.1 Å². The maximum atomic E-state index is 10.6. The third-order valence-corrected chi connectivity index (χ3v) is 3.99. The number of benzene rings is 1. The fourth-order valence-electron chi connectivity index (χ4n) is 2.81. The van der Waals surface area contributed by atoms with Crippen molar-refractivity contribution in [3.05, 3.63) is 35.5 Å². The summed E-state index contributed by atoms with van der Waals surface area (Å²) in [7, 11) is 0. The summed E-state index contributed by atoms with van der Waals surface area (Å²) < 4.78 is 10.9. The highest BCUT2D eigenvalue weighted by Crippen LogP contribution is 2.31. The first kappa shape index (κ1) is 15.2. The van der Waals surface area contributed by atoms with E-state index in [2.05, 4.69) is 9.88 Å². The van der Waals surface area contributed by atoms with E-state index in [0.29, 0.717) is 25.3 Å². The zero-order valence-electron chi connectivity index (χ0n) is 12.9.